The molecular formula is C22H25ClF3N3O3S. The summed E-state index contributed by atoms with van der Waals surface area (Å²) in [6, 6.07) is 0. The fraction of sp³-hybridized carbons (Fsp3) is 0.591. The Bertz CT molecular complexity index is 1080. The predicted octanol–water partition coefficient (Wildman–Crippen LogP) is 5.97. The van der Waals surface area contributed by atoms with Gasteiger partial charge in [0.15, 0.2) is 5.69 Å². The maximum atomic E-state index is 13.3. The average molecular weight is 504 g/mol. The SMILES string of the molecule is CCC(C)OC(=O)c1c(NC(=O)Cn2nc(C(F)(F)F)c(Cl)c2C2CC2)sc2c1CCCC2. The number of nitrogens with zero attached hydrogens (tertiary/aromatic N) is 2. The van der Waals surface area contributed by atoms with Crippen molar-refractivity contribution in [3.8, 4) is 0 Å². The molecule has 2 aromatic heterocycles. The summed E-state index contributed by atoms with van der Waals surface area (Å²) in [5, 5.41) is 6.28. The number of hydrogen-bond donors (Lipinski definition) is 1. The summed E-state index contributed by atoms with van der Waals surface area (Å²) >= 11 is 7.33. The largest absolute Gasteiger partial charge is 0.459 e. The van der Waals surface area contributed by atoms with Gasteiger partial charge in [-0.3, -0.25) is 9.48 Å². The number of anilines is 1. The second kappa shape index (κ2) is 9.29. The summed E-state index contributed by atoms with van der Waals surface area (Å²) < 4.78 is 46.5. The normalized spacial score (nSPS) is 16.9. The second-order valence-electron chi connectivity index (χ2n) is 8.56. The van der Waals surface area contributed by atoms with E-state index >= 15 is 0 Å². The summed E-state index contributed by atoms with van der Waals surface area (Å²) in [4.78, 5) is 26.8. The highest BCUT2D eigenvalue weighted by molar-refractivity contribution is 7.17. The quantitative estimate of drug-likeness (QED) is 0.473. The van der Waals surface area contributed by atoms with Crippen LogP contribution in [-0.4, -0.2) is 27.8 Å². The lowest BCUT2D eigenvalue weighted by molar-refractivity contribution is -0.141. The van der Waals surface area contributed by atoms with Gasteiger partial charge in [-0.1, -0.05) is 18.5 Å². The van der Waals surface area contributed by atoms with Gasteiger partial charge in [0.2, 0.25) is 5.91 Å². The van der Waals surface area contributed by atoms with Gasteiger partial charge < -0.3 is 10.1 Å². The van der Waals surface area contributed by atoms with Crippen LogP contribution in [0, 0.1) is 0 Å². The Kier molecular flexibility index (Phi) is 6.77. The van der Waals surface area contributed by atoms with Crippen molar-refractivity contribution in [3.05, 3.63) is 32.4 Å². The summed E-state index contributed by atoms with van der Waals surface area (Å²) in [5.74, 6) is -1.19. The van der Waals surface area contributed by atoms with E-state index in [1.165, 1.54) is 11.3 Å². The highest BCUT2D eigenvalue weighted by Crippen LogP contribution is 2.47. The van der Waals surface area contributed by atoms with Gasteiger partial charge in [0.05, 0.1) is 22.4 Å². The molecular weight excluding hydrogens is 479 g/mol. The zero-order valence-electron chi connectivity index (χ0n) is 18.4. The van der Waals surface area contributed by atoms with E-state index in [1.807, 2.05) is 6.92 Å². The van der Waals surface area contributed by atoms with Gasteiger partial charge in [-0.15, -0.1) is 11.3 Å². The van der Waals surface area contributed by atoms with Gasteiger partial charge in [-0.25, -0.2) is 4.79 Å². The summed E-state index contributed by atoms with van der Waals surface area (Å²) in [7, 11) is 0. The van der Waals surface area contributed by atoms with Gasteiger partial charge in [0.1, 0.15) is 11.5 Å². The van der Waals surface area contributed by atoms with Gasteiger partial charge in [0, 0.05) is 10.8 Å². The molecule has 6 nitrogen and oxygen atoms in total. The molecule has 1 amide bonds. The van der Waals surface area contributed by atoms with E-state index in [0.29, 0.717) is 29.8 Å². The van der Waals surface area contributed by atoms with Gasteiger partial charge in [-0.05, 0) is 57.4 Å². The molecule has 0 saturated heterocycles. The van der Waals surface area contributed by atoms with E-state index < -0.39 is 35.3 Å². The molecule has 33 heavy (non-hydrogen) atoms. The minimum absolute atomic E-state index is 0.135. The number of amides is 1. The minimum Gasteiger partial charge on any atom is -0.459 e. The molecule has 0 radical (unpaired) electrons. The first-order chi connectivity index (χ1) is 15.6. The third-order valence-corrected chi connectivity index (χ3v) is 7.55. The van der Waals surface area contributed by atoms with Crippen molar-refractivity contribution in [2.24, 2.45) is 0 Å². The smallest absolute Gasteiger partial charge is 0.436 e. The van der Waals surface area contributed by atoms with Gasteiger partial charge in [-0.2, -0.15) is 18.3 Å². The van der Waals surface area contributed by atoms with Crippen LogP contribution in [0.1, 0.15) is 84.1 Å². The van der Waals surface area contributed by atoms with E-state index in [-0.39, 0.29) is 17.7 Å². The molecule has 2 aromatic rings. The number of carbonyl (C=O) groups excluding carboxylic acids is 2. The number of thiophene rings is 1. The van der Waals surface area contributed by atoms with Crippen molar-refractivity contribution in [1.82, 2.24) is 9.78 Å². The maximum absolute atomic E-state index is 13.3. The highest BCUT2D eigenvalue weighted by Gasteiger charge is 2.42. The number of carbonyl (C=O) groups is 2. The van der Waals surface area contributed by atoms with Crippen molar-refractivity contribution in [3.63, 3.8) is 0 Å². The number of nitrogens with one attached hydrogen (secondary N) is 1. The summed E-state index contributed by atoms with van der Waals surface area (Å²) in [6.07, 6.45) is 0.564. The topological polar surface area (TPSA) is 73.2 Å². The first kappa shape index (κ1) is 24.1. The Morgan fingerprint density at radius 3 is 2.64 bits per heavy atom. The Hall–Kier alpha value is -2.07. The lowest BCUT2D eigenvalue weighted by atomic mass is 9.95. The molecule has 0 spiro atoms. The number of hydrogen-bond acceptors (Lipinski definition) is 5. The number of aryl methyl sites for hydroxylation is 1. The standard InChI is InChI=1S/C22H25ClF3N3O3S/c1-3-11(2)32-21(31)16-13-6-4-5-7-14(13)33-20(16)27-15(30)10-29-18(12-8-9-12)17(23)19(28-29)22(24,25)26/h11-12H,3-10H2,1-2H3,(H,27,30). The summed E-state index contributed by atoms with van der Waals surface area (Å²) in [6.45, 7) is 3.28. The third-order valence-electron chi connectivity index (χ3n) is 5.97. The number of ether oxygens (including phenoxy) is 1. The first-order valence-corrected chi connectivity index (χ1v) is 12.3. The zero-order chi connectivity index (χ0) is 23.9. The van der Waals surface area contributed by atoms with Crippen molar-refractivity contribution in [2.45, 2.75) is 83.5 Å². The van der Waals surface area contributed by atoms with E-state index in [9.17, 15) is 22.8 Å². The fourth-order valence-corrected chi connectivity index (χ4v) is 5.69. The molecule has 4 rings (SSSR count). The Balaban J connectivity index is 1.60. The Morgan fingerprint density at radius 2 is 2.00 bits per heavy atom. The van der Waals surface area contributed by atoms with Crippen LogP contribution in [-0.2, 0) is 35.1 Å². The number of rotatable bonds is 7. The molecule has 1 fully saturated rings. The molecule has 1 atom stereocenters. The molecule has 180 valence electrons. The van der Waals surface area contributed by atoms with Crippen molar-refractivity contribution >= 4 is 39.8 Å². The number of aromatic nitrogens is 2. The number of alkyl halides is 3. The molecule has 11 heteroatoms. The molecule has 0 aliphatic heterocycles. The molecule has 2 heterocycles. The van der Waals surface area contributed by atoms with E-state index in [0.717, 1.165) is 40.8 Å². The number of fused-ring (bicyclic) bond motifs is 1. The van der Waals surface area contributed by atoms with Crippen LogP contribution in [0.5, 0.6) is 0 Å². The Morgan fingerprint density at radius 1 is 1.30 bits per heavy atom. The zero-order valence-corrected chi connectivity index (χ0v) is 19.9. The van der Waals surface area contributed by atoms with E-state index in [4.69, 9.17) is 16.3 Å². The van der Waals surface area contributed by atoms with E-state index in [1.54, 1.807) is 6.92 Å². The molecule has 1 unspecified atom stereocenters. The summed E-state index contributed by atoms with van der Waals surface area (Å²) in [5.41, 5.74) is 0.319. The van der Waals surface area contributed by atoms with Crippen LogP contribution < -0.4 is 5.32 Å². The van der Waals surface area contributed by atoms with Crippen LogP contribution in [0.4, 0.5) is 18.2 Å². The van der Waals surface area contributed by atoms with Crippen molar-refractivity contribution in [1.29, 1.82) is 0 Å². The monoisotopic (exact) mass is 503 g/mol. The van der Waals surface area contributed by atoms with Crippen LogP contribution in [0.25, 0.3) is 0 Å². The minimum atomic E-state index is -4.71. The second-order valence-corrected chi connectivity index (χ2v) is 10.0. The maximum Gasteiger partial charge on any atom is 0.436 e. The van der Waals surface area contributed by atoms with Crippen molar-refractivity contribution in [2.75, 3.05) is 5.32 Å². The number of esters is 1. The third kappa shape index (κ3) is 5.06. The molecule has 1 saturated carbocycles. The molecule has 0 aromatic carbocycles. The van der Waals surface area contributed by atoms with Crippen molar-refractivity contribution < 1.29 is 27.5 Å². The molecule has 1 N–H and O–H groups in total. The molecule has 2 aliphatic rings. The average Bonchev–Trinajstić information content (AvgIpc) is 3.42. The lowest BCUT2D eigenvalue weighted by Gasteiger charge is -2.15. The van der Waals surface area contributed by atoms with Gasteiger partial charge >= 0.3 is 12.1 Å². The predicted molar refractivity (Wildman–Crippen MR) is 119 cm³/mol. The fourth-order valence-electron chi connectivity index (χ4n) is 4.00. The lowest BCUT2D eigenvalue weighted by Crippen LogP contribution is -2.23. The van der Waals surface area contributed by atoms with E-state index in [2.05, 4.69) is 10.4 Å². The van der Waals surface area contributed by atoms with Gasteiger partial charge in [0.25, 0.3) is 0 Å². The Labute approximate surface area is 198 Å². The number of halogens is 4. The molecule has 0 bridgehead atoms. The molecule has 2 aliphatic carbocycles. The highest BCUT2D eigenvalue weighted by atomic mass is 35.5. The van der Waals surface area contributed by atoms with Crippen LogP contribution >= 0.6 is 22.9 Å². The van der Waals surface area contributed by atoms with Crippen LogP contribution in [0.2, 0.25) is 5.02 Å². The first-order valence-electron chi connectivity index (χ1n) is 11.1. The van der Waals surface area contributed by atoms with Crippen LogP contribution in [0.3, 0.4) is 0 Å². The van der Waals surface area contributed by atoms with Crippen LogP contribution in [0.15, 0.2) is 0 Å².